The average Bonchev–Trinajstić information content (AvgIpc) is 3.10. The average molecular weight is 375 g/mol. The Balaban J connectivity index is 1.59. The summed E-state index contributed by atoms with van der Waals surface area (Å²) in [6, 6.07) is 12.4. The first-order valence-electron chi connectivity index (χ1n) is 8.70. The Labute approximate surface area is 159 Å². The predicted molar refractivity (Wildman–Crippen MR) is 102 cm³/mol. The minimum absolute atomic E-state index is 0.275. The second-order valence-electron chi connectivity index (χ2n) is 6.26. The fourth-order valence-electron chi connectivity index (χ4n) is 2.90. The van der Waals surface area contributed by atoms with Crippen LogP contribution in [0.1, 0.15) is 34.9 Å². The van der Waals surface area contributed by atoms with Crippen LogP contribution < -0.4 is 5.56 Å². The standard InChI is InChI=1S/C20H17N5O3/c1-12-15(11-22-25(12)17-9-5-6-10-21-17)20(27)28-13(2)18-23-16-8-4-3-7-14(16)19(26)24-18/h3-11,13H,1-2H3,(H,23,24,26). The number of H-pyrrole nitrogens is 1. The number of carbonyl (C=O) groups is 1. The second-order valence-corrected chi connectivity index (χ2v) is 6.26. The van der Waals surface area contributed by atoms with Crippen LogP contribution in [-0.2, 0) is 4.74 Å². The summed E-state index contributed by atoms with van der Waals surface area (Å²) >= 11 is 0. The number of aromatic amines is 1. The minimum Gasteiger partial charge on any atom is -0.451 e. The molecule has 0 radical (unpaired) electrons. The lowest BCUT2D eigenvalue weighted by atomic mass is 10.2. The lowest BCUT2D eigenvalue weighted by Crippen LogP contribution is -2.17. The number of fused-ring (bicyclic) bond motifs is 1. The molecule has 0 saturated heterocycles. The van der Waals surface area contributed by atoms with E-state index < -0.39 is 12.1 Å². The zero-order valence-electron chi connectivity index (χ0n) is 15.3. The van der Waals surface area contributed by atoms with E-state index in [0.717, 1.165) is 0 Å². The Morgan fingerprint density at radius 2 is 1.96 bits per heavy atom. The molecule has 0 saturated carbocycles. The van der Waals surface area contributed by atoms with Crippen molar-refractivity contribution in [2.75, 3.05) is 0 Å². The van der Waals surface area contributed by atoms with E-state index in [-0.39, 0.29) is 11.4 Å². The number of carbonyl (C=O) groups excluding carboxylic acids is 1. The van der Waals surface area contributed by atoms with Gasteiger partial charge < -0.3 is 9.72 Å². The van der Waals surface area contributed by atoms with Crippen molar-refractivity contribution >= 4 is 16.9 Å². The maximum absolute atomic E-state index is 12.6. The van der Waals surface area contributed by atoms with Gasteiger partial charge in [-0.05, 0) is 38.1 Å². The summed E-state index contributed by atoms with van der Waals surface area (Å²) in [5.41, 5.74) is 1.20. The molecule has 8 nitrogen and oxygen atoms in total. The molecule has 0 spiro atoms. The first kappa shape index (κ1) is 17.6. The molecule has 140 valence electrons. The van der Waals surface area contributed by atoms with Gasteiger partial charge in [0.05, 0.1) is 22.8 Å². The Morgan fingerprint density at radius 3 is 2.75 bits per heavy atom. The molecular weight excluding hydrogens is 358 g/mol. The van der Waals surface area contributed by atoms with Gasteiger partial charge in [-0.3, -0.25) is 4.79 Å². The normalized spacial score (nSPS) is 12.1. The molecule has 0 fully saturated rings. The summed E-state index contributed by atoms with van der Waals surface area (Å²) in [4.78, 5) is 36.1. The molecule has 0 amide bonds. The summed E-state index contributed by atoms with van der Waals surface area (Å²) in [7, 11) is 0. The van der Waals surface area contributed by atoms with Gasteiger partial charge in [-0.2, -0.15) is 5.10 Å². The molecule has 28 heavy (non-hydrogen) atoms. The number of rotatable bonds is 4. The molecule has 3 aromatic heterocycles. The highest BCUT2D eigenvalue weighted by atomic mass is 16.5. The SMILES string of the molecule is Cc1c(C(=O)OC(C)c2nc3ccccc3c(=O)[nH]2)cnn1-c1ccccn1. The van der Waals surface area contributed by atoms with Gasteiger partial charge in [0.1, 0.15) is 5.56 Å². The first-order valence-corrected chi connectivity index (χ1v) is 8.70. The lowest BCUT2D eigenvalue weighted by molar-refractivity contribution is 0.0319. The molecule has 0 aliphatic rings. The van der Waals surface area contributed by atoms with Crippen LogP contribution in [0.5, 0.6) is 0 Å². The van der Waals surface area contributed by atoms with E-state index in [1.807, 2.05) is 6.07 Å². The highest BCUT2D eigenvalue weighted by molar-refractivity contribution is 5.90. The summed E-state index contributed by atoms with van der Waals surface area (Å²) in [5, 5.41) is 4.71. The van der Waals surface area contributed by atoms with Crippen molar-refractivity contribution in [2.24, 2.45) is 0 Å². The van der Waals surface area contributed by atoms with Crippen molar-refractivity contribution < 1.29 is 9.53 Å². The van der Waals surface area contributed by atoms with Gasteiger partial charge in [-0.15, -0.1) is 0 Å². The predicted octanol–water partition coefficient (Wildman–Crippen LogP) is 2.73. The Bertz CT molecular complexity index is 1210. The minimum atomic E-state index is -0.734. The molecule has 0 aliphatic carbocycles. The van der Waals surface area contributed by atoms with Crippen molar-refractivity contribution in [2.45, 2.75) is 20.0 Å². The zero-order valence-corrected chi connectivity index (χ0v) is 15.3. The number of esters is 1. The maximum Gasteiger partial charge on any atom is 0.342 e. The number of benzene rings is 1. The van der Waals surface area contributed by atoms with Crippen LogP contribution in [0.3, 0.4) is 0 Å². The molecule has 3 heterocycles. The fourth-order valence-corrected chi connectivity index (χ4v) is 2.90. The Kier molecular flexibility index (Phi) is 4.44. The summed E-state index contributed by atoms with van der Waals surface area (Å²) in [5.74, 6) is 0.336. The van der Waals surface area contributed by atoms with Gasteiger partial charge in [0.25, 0.3) is 5.56 Å². The number of nitrogens with zero attached hydrogens (tertiary/aromatic N) is 4. The van der Waals surface area contributed by atoms with Crippen molar-refractivity contribution in [1.29, 1.82) is 0 Å². The molecule has 1 aromatic carbocycles. The summed E-state index contributed by atoms with van der Waals surface area (Å²) in [6.07, 6.45) is 2.36. The van der Waals surface area contributed by atoms with E-state index in [1.165, 1.54) is 6.20 Å². The topological polar surface area (TPSA) is 103 Å². The molecule has 0 aliphatic heterocycles. The number of nitrogens with one attached hydrogen (secondary N) is 1. The fraction of sp³-hybridized carbons (Fsp3) is 0.150. The zero-order chi connectivity index (χ0) is 19.7. The van der Waals surface area contributed by atoms with Crippen molar-refractivity contribution in [1.82, 2.24) is 24.7 Å². The third-order valence-corrected chi connectivity index (χ3v) is 4.40. The molecule has 0 bridgehead atoms. The van der Waals surface area contributed by atoms with E-state index in [9.17, 15) is 9.59 Å². The highest BCUT2D eigenvalue weighted by Gasteiger charge is 2.21. The van der Waals surface area contributed by atoms with E-state index in [2.05, 4.69) is 20.1 Å². The second kappa shape index (κ2) is 7.07. The monoisotopic (exact) mass is 375 g/mol. The number of hydrogen-bond acceptors (Lipinski definition) is 6. The van der Waals surface area contributed by atoms with Crippen molar-refractivity contribution in [3.63, 3.8) is 0 Å². The first-order chi connectivity index (χ1) is 13.5. The van der Waals surface area contributed by atoms with Gasteiger partial charge in [0, 0.05) is 6.20 Å². The van der Waals surface area contributed by atoms with Crippen LogP contribution in [-0.4, -0.2) is 30.7 Å². The van der Waals surface area contributed by atoms with E-state index in [4.69, 9.17) is 4.74 Å². The number of pyridine rings is 1. The van der Waals surface area contributed by atoms with Crippen LogP contribution in [0.15, 0.2) is 59.7 Å². The van der Waals surface area contributed by atoms with Gasteiger partial charge in [-0.25, -0.2) is 19.4 Å². The third kappa shape index (κ3) is 3.16. The van der Waals surface area contributed by atoms with Gasteiger partial charge >= 0.3 is 5.97 Å². The molecule has 1 atom stereocenters. The van der Waals surface area contributed by atoms with Crippen LogP contribution in [0, 0.1) is 6.92 Å². The molecule has 4 aromatic rings. The lowest BCUT2D eigenvalue weighted by Gasteiger charge is -2.13. The summed E-state index contributed by atoms with van der Waals surface area (Å²) in [6.45, 7) is 3.42. The van der Waals surface area contributed by atoms with Crippen LogP contribution in [0.25, 0.3) is 16.7 Å². The third-order valence-electron chi connectivity index (χ3n) is 4.40. The van der Waals surface area contributed by atoms with Crippen molar-refractivity contribution in [3.8, 4) is 5.82 Å². The number of ether oxygens (including phenoxy) is 1. The highest BCUT2D eigenvalue weighted by Crippen LogP contribution is 2.19. The van der Waals surface area contributed by atoms with E-state index in [1.54, 1.807) is 61.1 Å². The number of para-hydroxylation sites is 1. The maximum atomic E-state index is 12.6. The molecule has 1 N–H and O–H groups in total. The molecular formula is C20H17N5O3. The van der Waals surface area contributed by atoms with Crippen molar-refractivity contribution in [3.05, 3.63) is 82.3 Å². The van der Waals surface area contributed by atoms with Gasteiger partial charge in [0.15, 0.2) is 17.7 Å². The van der Waals surface area contributed by atoms with Gasteiger partial charge in [0.2, 0.25) is 0 Å². The molecule has 4 rings (SSSR count). The van der Waals surface area contributed by atoms with Gasteiger partial charge in [-0.1, -0.05) is 18.2 Å². The largest absolute Gasteiger partial charge is 0.451 e. The van der Waals surface area contributed by atoms with E-state index >= 15 is 0 Å². The quantitative estimate of drug-likeness (QED) is 0.550. The smallest absolute Gasteiger partial charge is 0.342 e. The molecule has 8 heteroatoms. The summed E-state index contributed by atoms with van der Waals surface area (Å²) < 4.78 is 7.08. The Hall–Kier alpha value is -3.81. The number of hydrogen-bond donors (Lipinski definition) is 1. The van der Waals surface area contributed by atoms with Crippen LogP contribution in [0.4, 0.5) is 0 Å². The Morgan fingerprint density at radius 1 is 1.18 bits per heavy atom. The van der Waals surface area contributed by atoms with Crippen LogP contribution in [0.2, 0.25) is 0 Å². The molecule has 1 unspecified atom stereocenters. The number of aromatic nitrogens is 5. The van der Waals surface area contributed by atoms with E-state index in [0.29, 0.717) is 28.0 Å². The van der Waals surface area contributed by atoms with Crippen LogP contribution >= 0.6 is 0 Å².